The standard InChI is InChI=1S/C21H25F3N2O3S/c1-3-19(16-9-5-4-6-10-16)25-20(27)13-8-14-26(30(2,28)29)18-12-7-11-17(15-18)21(22,23)24/h4-7,9-12,15,19H,3,8,13-14H2,1-2H3,(H,25,27). The SMILES string of the molecule is CCC(NC(=O)CCCN(c1cccc(C(F)(F)F)c1)S(C)(=O)=O)c1ccccc1. The Morgan fingerprint density at radius 2 is 1.77 bits per heavy atom. The second kappa shape index (κ2) is 9.97. The van der Waals surface area contributed by atoms with E-state index in [0.29, 0.717) is 6.42 Å². The zero-order valence-electron chi connectivity index (χ0n) is 16.8. The molecule has 2 aromatic carbocycles. The van der Waals surface area contributed by atoms with Gasteiger partial charge in [-0.25, -0.2) is 8.42 Å². The molecule has 30 heavy (non-hydrogen) atoms. The molecule has 1 N–H and O–H groups in total. The molecule has 0 heterocycles. The van der Waals surface area contributed by atoms with Crippen LogP contribution in [-0.2, 0) is 21.0 Å². The molecule has 9 heteroatoms. The van der Waals surface area contributed by atoms with E-state index < -0.39 is 21.8 Å². The van der Waals surface area contributed by atoms with Crippen molar-refractivity contribution in [3.8, 4) is 0 Å². The van der Waals surface area contributed by atoms with Gasteiger partial charge in [0.2, 0.25) is 15.9 Å². The van der Waals surface area contributed by atoms with Crippen molar-refractivity contribution in [1.29, 1.82) is 0 Å². The van der Waals surface area contributed by atoms with E-state index in [1.54, 1.807) is 0 Å². The Morgan fingerprint density at radius 3 is 2.33 bits per heavy atom. The molecule has 0 spiro atoms. The molecule has 0 aliphatic rings. The van der Waals surface area contributed by atoms with Crippen LogP contribution >= 0.6 is 0 Å². The van der Waals surface area contributed by atoms with Crippen LogP contribution in [0.1, 0.15) is 43.4 Å². The Labute approximate surface area is 175 Å². The summed E-state index contributed by atoms with van der Waals surface area (Å²) in [5.74, 6) is -0.247. The maximum Gasteiger partial charge on any atom is 0.416 e. The molecule has 1 atom stereocenters. The monoisotopic (exact) mass is 442 g/mol. The van der Waals surface area contributed by atoms with E-state index in [-0.39, 0.29) is 37.0 Å². The second-order valence-corrected chi connectivity index (χ2v) is 8.83. The quantitative estimate of drug-likeness (QED) is 0.621. The molecule has 0 bridgehead atoms. The summed E-state index contributed by atoms with van der Waals surface area (Å²) in [5.41, 5.74) is -0.0430. The first-order chi connectivity index (χ1) is 14.0. The van der Waals surface area contributed by atoms with E-state index in [2.05, 4.69) is 5.32 Å². The topological polar surface area (TPSA) is 66.5 Å². The van der Waals surface area contributed by atoms with Crippen LogP contribution in [0, 0.1) is 0 Å². The lowest BCUT2D eigenvalue weighted by Crippen LogP contribution is -2.33. The third-order valence-corrected chi connectivity index (χ3v) is 5.77. The van der Waals surface area contributed by atoms with Gasteiger partial charge in [-0.05, 0) is 36.6 Å². The Hall–Kier alpha value is -2.55. The summed E-state index contributed by atoms with van der Waals surface area (Å²) in [6.45, 7) is 1.84. The summed E-state index contributed by atoms with van der Waals surface area (Å²) in [5, 5.41) is 2.91. The molecule has 0 aliphatic heterocycles. The van der Waals surface area contributed by atoms with Crippen LogP contribution < -0.4 is 9.62 Å². The summed E-state index contributed by atoms with van der Waals surface area (Å²) < 4.78 is 64.0. The molecule has 0 aliphatic carbocycles. The van der Waals surface area contributed by atoms with Crippen LogP contribution in [0.25, 0.3) is 0 Å². The summed E-state index contributed by atoms with van der Waals surface area (Å²) in [6.07, 6.45) is -2.74. The highest BCUT2D eigenvalue weighted by atomic mass is 32.2. The van der Waals surface area contributed by atoms with Gasteiger partial charge in [0.15, 0.2) is 0 Å². The molecule has 0 saturated heterocycles. The number of carbonyl (C=O) groups is 1. The third-order valence-electron chi connectivity index (χ3n) is 4.57. The first-order valence-electron chi connectivity index (χ1n) is 9.51. The average molecular weight is 443 g/mol. The fraction of sp³-hybridized carbons (Fsp3) is 0.381. The van der Waals surface area contributed by atoms with Crippen molar-refractivity contribution < 1.29 is 26.4 Å². The van der Waals surface area contributed by atoms with Gasteiger partial charge < -0.3 is 5.32 Å². The van der Waals surface area contributed by atoms with Gasteiger partial charge in [-0.1, -0.05) is 43.3 Å². The van der Waals surface area contributed by atoms with E-state index in [9.17, 15) is 26.4 Å². The number of benzene rings is 2. The molecule has 0 radical (unpaired) electrons. The Morgan fingerprint density at radius 1 is 1.10 bits per heavy atom. The normalized spacial score (nSPS) is 13.0. The number of amides is 1. The number of alkyl halides is 3. The van der Waals surface area contributed by atoms with Crippen molar-refractivity contribution in [1.82, 2.24) is 5.32 Å². The lowest BCUT2D eigenvalue weighted by molar-refractivity contribution is -0.137. The van der Waals surface area contributed by atoms with E-state index >= 15 is 0 Å². The van der Waals surface area contributed by atoms with Gasteiger partial charge in [-0.2, -0.15) is 13.2 Å². The molecular formula is C21H25F3N2O3S. The molecule has 1 amide bonds. The molecule has 2 rings (SSSR count). The minimum absolute atomic E-state index is 0.0499. The van der Waals surface area contributed by atoms with Crippen LogP contribution in [0.5, 0.6) is 0 Å². The highest BCUT2D eigenvalue weighted by Gasteiger charge is 2.31. The molecule has 0 fully saturated rings. The first-order valence-corrected chi connectivity index (χ1v) is 11.4. The smallest absolute Gasteiger partial charge is 0.349 e. The van der Waals surface area contributed by atoms with Gasteiger partial charge in [0.1, 0.15) is 0 Å². The van der Waals surface area contributed by atoms with E-state index in [1.165, 1.54) is 6.07 Å². The molecular weight excluding hydrogens is 417 g/mol. The fourth-order valence-corrected chi connectivity index (χ4v) is 4.04. The number of carbonyl (C=O) groups excluding carboxylic acids is 1. The minimum atomic E-state index is -4.58. The largest absolute Gasteiger partial charge is 0.416 e. The number of sulfonamides is 1. The zero-order chi connectivity index (χ0) is 22.4. The van der Waals surface area contributed by atoms with Crippen LogP contribution in [0.2, 0.25) is 0 Å². The Balaban J connectivity index is 2.03. The molecule has 164 valence electrons. The second-order valence-electron chi connectivity index (χ2n) is 6.93. The van der Waals surface area contributed by atoms with E-state index in [1.807, 2.05) is 37.3 Å². The van der Waals surface area contributed by atoms with E-state index in [4.69, 9.17) is 0 Å². The molecule has 2 aromatic rings. The highest BCUT2D eigenvalue weighted by Crippen LogP contribution is 2.32. The third kappa shape index (κ3) is 6.76. The summed E-state index contributed by atoms with van der Waals surface area (Å²) in [7, 11) is -3.81. The average Bonchev–Trinajstić information content (AvgIpc) is 2.68. The number of halogens is 3. The molecule has 1 unspecified atom stereocenters. The number of nitrogens with zero attached hydrogens (tertiary/aromatic N) is 1. The maximum absolute atomic E-state index is 13.0. The van der Waals surface area contributed by atoms with Crippen molar-refractivity contribution in [2.75, 3.05) is 17.1 Å². The molecule has 0 aromatic heterocycles. The Bertz CT molecular complexity index is 947. The molecule has 0 saturated carbocycles. The van der Waals surface area contributed by atoms with Crippen LogP contribution in [0.3, 0.4) is 0 Å². The summed E-state index contributed by atoms with van der Waals surface area (Å²) in [4.78, 5) is 12.3. The fourth-order valence-electron chi connectivity index (χ4n) is 3.08. The van der Waals surface area contributed by atoms with E-state index in [0.717, 1.165) is 34.3 Å². The summed E-state index contributed by atoms with van der Waals surface area (Å²) in [6, 6.07) is 13.4. The van der Waals surface area contributed by atoms with Gasteiger partial charge in [0.05, 0.1) is 23.5 Å². The highest BCUT2D eigenvalue weighted by molar-refractivity contribution is 7.92. The minimum Gasteiger partial charge on any atom is -0.349 e. The van der Waals surface area contributed by atoms with Crippen molar-refractivity contribution in [2.24, 2.45) is 0 Å². The number of rotatable bonds is 9. The van der Waals surface area contributed by atoms with Crippen LogP contribution in [0.4, 0.5) is 18.9 Å². The number of nitrogens with one attached hydrogen (secondary N) is 1. The maximum atomic E-state index is 13.0. The Kier molecular flexibility index (Phi) is 7.89. The lowest BCUT2D eigenvalue weighted by atomic mass is 10.0. The van der Waals surface area contributed by atoms with Crippen molar-refractivity contribution in [2.45, 2.75) is 38.4 Å². The number of hydrogen-bond donors (Lipinski definition) is 1. The number of anilines is 1. The number of hydrogen-bond acceptors (Lipinski definition) is 3. The van der Waals surface area contributed by atoms with Crippen molar-refractivity contribution in [3.63, 3.8) is 0 Å². The lowest BCUT2D eigenvalue weighted by Gasteiger charge is -2.23. The zero-order valence-corrected chi connectivity index (χ0v) is 17.6. The van der Waals surface area contributed by atoms with Crippen molar-refractivity contribution in [3.05, 3.63) is 65.7 Å². The first kappa shape index (κ1) is 23.7. The van der Waals surface area contributed by atoms with Gasteiger partial charge in [0, 0.05) is 13.0 Å². The van der Waals surface area contributed by atoms with Crippen LogP contribution in [-0.4, -0.2) is 27.1 Å². The predicted octanol–water partition coefficient (Wildman–Crippen LogP) is 4.52. The predicted molar refractivity (Wildman–Crippen MR) is 110 cm³/mol. The van der Waals surface area contributed by atoms with Crippen molar-refractivity contribution >= 4 is 21.6 Å². The van der Waals surface area contributed by atoms with Gasteiger partial charge in [-0.3, -0.25) is 9.10 Å². The van der Waals surface area contributed by atoms with Gasteiger partial charge >= 0.3 is 6.18 Å². The van der Waals surface area contributed by atoms with Gasteiger partial charge in [0.25, 0.3) is 0 Å². The summed E-state index contributed by atoms with van der Waals surface area (Å²) >= 11 is 0. The molecule has 5 nitrogen and oxygen atoms in total. The van der Waals surface area contributed by atoms with Crippen LogP contribution in [0.15, 0.2) is 54.6 Å². The van der Waals surface area contributed by atoms with Gasteiger partial charge in [-0.15, -0.1) is 0 Å².